The highest BCUT2D eigenvalue weighted by Crippen LogP contribution is 2.23. The largest absolute Gasteiger partial charge is 0.478 e. The summed E-state index contributed by atoms with van der Waals surface area (Å²) in [6.07, 6.45) is 7.31. The van der Waals surface area contributed by atoms with Crippen LogP contribution in [0, 0.1) is 0 Å². The van der Waals surface area contributed by atoms with Crippen molar-refractivity contribution in [3.05, 3.63) is 18.0 Å². The van der Waals surface area contributed by atoms with E-state index in [0.29, 0.717) is 19.7 Å². The lowest BCUT2D eigenvalue weighted by Gasteiger charge is -2.34. The molecule has 2 unspecified atom stereocenters. The third-order valence-corrected chi connectivity index (χ3v) is 5.15. The molecule has 2 saturated heterocycles. The molecule has 2 atom stereocenters. The highest BCUT2D eigenvalue weighted by Gasteiger charge is 2.28. The summed E-state index contributed by atoms with van der Waals surface area (Å²) in [4.78, 5) is 25.4. The van der Waals surface area contributed by atoms with Gasteiger partial charge >= 0.3 is 5.97 Å². The summed E-state index contributed by atoms with van der Waals surface area (Å²) in [6, 6.07) is 0.124. The Morgan fingerprint density at radius 2 is 2.12 bits per heavy atom. The number of likely N-dealkylation sites (tertiary alicyclic amines) is 1. The van der Waals surface area contributed by atoms with Crippen LogP contribution < -0.4 is 0 Å². The van der Waals surface area contributed by atoms with Crippen molar-refractivity contribution >= 4 is 11.9 Å². The molecule has 0 bridgehead atoms. The summed E-state index contributed by atoms with van der Waals surface area (Å²) in [5.74, 6) is -0.970. The van der Waals surface area contributed by atoms with Gasteiger partial charge in [0.2, 0.25) is 0 Å². The lowest BCUT2D eigenvalue weighted by Crippen LogP contribution is -2.44. The standard InChI is InChI=1S/C18H27N3O5/c1-13(26-12-16-4-2-3-9-25-16)17(22)20-7-5-15(6-8-20)21-11-14(10-19-21)18(23)24/h10-11,13,15-16H,2-9,12H2,1H3,(H,23,24). The number of aromatic nitrogens is 2. The number of rotatable bonds is 6. The minimum absolute atomic E-state index is 0.00551. The third kappa shape index (κ3) is 4.62. The zero-order valence-electron chi connectivity index (χ0n) is 15.2. The quantitative estimate of drug-likeness (QED) is 0.825. The zero-order valence-corrected chi connectivity index (χ0v) is 15.2. The van der Waals surface area contributed by atoms with Gasteiger partial charge in [-0.05, 0) is 39.0 Å². The summed E-state index contributed by atoms with van der Waals surface area (Å²) >= 11 is 0. The van der Waals surface area contributed by atoms with Gasteiger partial charge in [0.05, 0.1) is 30.5 Å². The van der Waals surface area contributed by atoms with Gasteiger partial charge in [-0.15, -0.1) is 0 Å². The van der Waals surface area contributed by atoms with Gasteiger partial charge in [-0.2, -0.15) is 5.10 Å². The van der Waals surface area contributed by atoms with Crippen LogP contribution in [0.25, 0.3) is 0 Å². The summed E-state index contributed by atoms with van der Waals surface area (Å²) in [5, 5.41) is 13.1. The summed E-state index contributed by atoms with van der Waals surface area (Å²) in [7, 11) is 0. The predicted molar refractivity (Wildman–Crippen MR) is 93.0 cm³/mol. The second-order valence-corrected chi connectivity index (χ2v) is 7.03. The fourth-order valence-corrected chi connectivity index (χ4v) is 3.52. The lowest BCUT2D eigenvalue weighted by atomic mass is 10.0. The molecular formula is C18H27N3O5. The normalized spacial score (nSPS) is 23.0. The fraction of sp³-hybridized carbons (Fsp3) is 0.722. The maximum Gasteiger partial charge on any atom is 0.338 e. The van der Waals surface area contributed by atoms with Crippen LogP contribution in [0.4, 0.5) is 0 Å². The minimum Gasteiger partial charge on any atom is -0.478 e. The Kier molecular flexibility index (Phi) is 6.26. The Balaban J connectivity index is 1.44. The molecule has 0 spiro atoms. The molecule has 2 aliphatic rings. The smallest absolute Gasteiger partial charge is 0.338 e. The average Bonchev–Trinajstić information content (AvgIpc) is 3.17. The number of amides is 1. The number of hydrogen-bond donors (Lipinski definition) is 1. The van der Waals surface area contributed by atoms with Crippen LogP contribution in [0.15, 0.2) is 12.4 Å². The Bertz CT molecular complexity index is 618. The Morgan fingerprint density at radius 1 is 1.35 bits per heavy atom. The molecule has 1 N–H and O–H groups in total. The fourth-order valence-electron chi connectivity index (χ4n) is 3.52. The molecule has 1 amide bonds. The first-order valence-corrected chi connectivity index (χ1v) is 9.34. The van der Waals surface area contributed by atoms with E-state index in [0.717, 1.165) is 38.7 Å². The van der Waals surface area contributed by atoms with Gasteiger partial charge in [-0.25, -0.2) is 4.79 Å². The van der Waals surface area contributed by atoms with Gasteiger partial charge in [0, 0.05) is 25.9 Å². The Morgan fingerprint density at radius 3 is 2.73 bits per heavy atom. The first kappa shape index (κ1) is 18.8. The van der Waals surface area contributed by atoms with Crippen LogP contribution in [0.1, 0.15) is 55.4 Å². The number of hydrogen-bond acceptors (Lipinski definition) is 5. The second-order valence-electron chi connectivity index (χ2n) is 7.03. The molecule has 8 heteroatoms. The van der Waals surface area contributed by atoms with Gasteiger partial charge in [-0.1, -0.05) is 0 Å². The van der Waals surface area contributed by atoms with E-state index in [1.54, 1.807) is 17.8 Å². The van der Waals surface area contributed by atoms with E-state index in [2.05, 4.69) is 5.10 Å². The van der Waals surface area contributed by atoms with Crippen LogP contribution in [-0.4, -0.2) is 70.2 Å². The summed E-state index contributed by atoms with van der Waals surface area (Å²) < 4.78 is 13.1. The first-order valence-electron chi connectivity index (χ1n) is 9.34. The topological polar surface area (TPSA) is 93.9 Å². The minimum atomic E-state index is -0.975. The van der Waals surface area contributed by atoms with E-state index >= 15 is 0 Å². The maximum absolute atomic E-state index is 12.6. The van der Waals surface area contributed by atoms with E-state index in [9.17, 15) is 9.59 Å². The van der Waals surface area contributed by atoms with E-state index in [1.165, 1.54) is 6.20 Å². The molecule has 3 heterocycles. The average molecular weight is 365 g/mol. The van der Waals surface area contributed by atoms with E-state index in [-0.39, 0.29) is 23.6 Å². The molecule has 26 heavy (non-hydrogen) atoms. The van der Waals surface area contributed by atoms with Crippen molar-refractivity contribution in [2.45, 2.75) is 57.3 Å². The van der Waals surface area contributed by atoms with E-state index < -0.39 is 12.1 Å². The van der Waals surface area contributed by atoms with E-state index in [4.69, 9.17) is 14.6 Å². The van der Waals surface area contributed by atoms with Crippen LogP contribution in [0.3, 0.4) is 0 Å². The number of ether oxygens (including phenoxy) is 2. The lowest BCUT2D eigenvalue weighted by molar-refractivity contribution is -0.147. The van der Waals surface area contributed by atoms with Crippen LogP contribution in [0.2, 0.25) is 0 Å². The highest BCUT2D eigenvalue weighted by molar-refractivity contribution is 5.86. The molecule has 2 aliphatic heterocycles. The molecule has 0 aromatic carbocycles. The molecule has 0 saturated carbocycles. The molecule has 1 aromatic rings. The van der Waals surface area contributed by atoms with Crippen LogP contribution >= 0.6 is 0 Å². The predicted octanol–water partition coefficient (Wildman–Crippen LogP) is 1.72. The number of nitrogens with zero attached hydrogens (tertiary/aromatic N) is 3. The van der Waals surface area contributed by atoms with Crippen molar-refractivity contribution in [1.29, 1.82) is 0 Å². The number of carboxylic acids is 1. The Hall–Kier alpha value is -1.93. The highest BCUT2D eigenvalue weighted by atomic mass is 16.5. The molecule has 0 aliphatic carbocycles. The summed E-state index contributed by atoms with van der Waals surface area (Å²) in [6.45, 7) is 4.29. The summed E-state index contributed by atoms with van der Waals surface area (Å²) in [5.41, 5.74) is 0.190. The zero-order chi connectivity index (χ0) is 18.5. The van der Waals surface area contributed by atoms with Crippen molar-refractivity contribution < 1.29 is 24.2 Å². The van der Waals surface area contributed by atoms with Crippen molar-refractivity contribution in [3.63, 3.8) is 0 Å². The number of carbonyl (C=O) groups is 2. The number of piperidine rings is 1. The SMILES string of the molecule is CC(OCC1CCCCO1)C(=O)N1CCC(n2cc(C(=O)O)cn2)CC1. The van der Waals surface area contributed by atoms with Crippen molar-refractivity contribution in [1.82, 2.24) is 14.7 Å². The number of carboxylic acid groups (broad SMARTS) is 1. The van der Waals surface area contributed by atoms with Gasteiger partial charge in [0.25, 0.3) is 5.91 Å². The van der Waals surface area contributed by atoms with Gasteiger partial charge in [0.15, 0.2) is 0 Å². The van der Waals surface area contributed by atoms with Gasteiger partial charge in [-0.3, -0.25) is 9.48 Å². The number of aromatic carboxylic acids is 1. The molecule has 8 nitrogen and oxygen atoms in total. The third-order valence-electron chi connectivity index (χ3n) is 5.15. The van der Waals surface area contributed by atoms with E-state index in [1.807, 2.05) is 4.90 Å². The van der Waals surface area contributed by atoms with Crippen LogP contribution in [-0.2, 0) is 14.3 Å². The van der Waals surface area contributed by atoms with Crippen molar-refractivity contribution in [3.8, 4) is 0 Å². The van der Waals surface area contributed by atoms with Gasteiger partial charge in [0.1, 0.15) is 6.10 Å². The maximum atomic E-state index is 12.6. The Labute approximate surface area is 153 Å². The molecule has 2 fully saturated rings. The molecule has 144 valence electrons. The molecular weight excluding hydrogens is 338 g/mol. The van der Waals surface area contributed by atoms with Gasteiger partial charge < -0.3 is 19.5 Å². The first-order chi connectivity index (χ1) is 12.5. The molecule has 1 aromatic heterocycles. The molecule has 0 radical (unpaired) electrons. The van der Waals surface area contributed by atoms with Crippen molar-refractivity contribution in [2.75, 3.05) is 26.3 Å². The second kappa shape index (κ2) is 8.64. The monoisotopic (exact) mass is 365 g/mol. The number of carbonyl (C=O) groups excluding carboxylic acids is 1. The van der Waals surface area contributed by atoms with Crippen molar-refractivity contribution in [2.24, 2.45) is 0 Å². The molecule has 3 rings (SSSR count). The van der Waals surface area contributed by atoms with Crippen LogP contribution in [0.5, 0.6) is 0 Å².